The first kappa shape index (κ1) is 29.2. The molecule has 1 saturated heterocycles. The van der Waals surface area contributed by atoms with Gasteiger partial charge in [-0.3, -0.25) is 4.79 Å². The number of hydrogen-bond donors (Lipinski definition) is 3. The van der Waals surface area contributed by atoms with Gasteiger partial charge >= 0.3 is 0 Å². The number of rotatable bonds is 3. The van der Waals surface area contributed by atoms with Crippen LogP contribution >= 0.6 is 0 Å². The van der Waals surface area contributed by atoms with Gasteiger partial charge in [0.2, 0.25) is 5.91 Å². The highest BCUT2D eigenvalue weighted by molar-refractivity contribution is 5.87. The molecule has 6 atom stereocenters. The minimum absolute atomic E-state index is 0.0742. The summed E-state index contributed by atoms with van der Waals surface area (Å²) in [5, 5.41) is 16.6. The number of nitrogens with one attached hydrogen (secondary N) is 2. The van der Waals surface area contributed by atoms with Gasteiger partial charge in [-0.15, -0.1) is 0 Å². The second kappa shape index (κ2) is 15.9. The van der Waals surface area contributed by atoms with E-state index in [2.05, 4.69) is 61.8 Å². The summed E-state index contributed by atoms with van der Waals surface area (Å²) in [6.07, 6.45) is 19.9. The minimum Gasteiger partial charge on any atom is -0.391 e. The number of carbonyl (C=O) groups excluding carboxylic acids is 1. The molecule has 6 heteroatoms. The SMILES string of the molecule is CN[C@H]1[C@@H](O)C[C@H](O[C@H]2C/C=C(/C)C/C(C)=C\C=C/CCCCNC(=O)/C=C\C=C/[C@@H]2C)O[C@@H]1C. The number of amides is 1. The number of likely N-dealkylation sites (N-methyl/N-ethyl adjacent to an activating group) is 1. The fourth-order valence-corrected chi connectivity index (χ4v) is 4.52. The molecule has 2 aliphatic heterocycles. The zero-order valence-electron chi connectivity index (χ0n) is 22.2. The van der Waals surface area contributed by atoms with Gasteiger partial charge in [-0.05, 0) is 59.9 Å². The molecule has 3 N–H and O–H groups in total. The second-order valence-corrected chi connectivity index (χ2v) is 9.86. The predicted octanol–water partition coefficient (Wildman–Crippen LogP) is 4.73. The minimum atomic E-state index is -0.522. The lowest BCUT2D eigenvalue weighted by Gasteiger charge is -2.39. The van der Waals surface area contributed by atoms with Crippen LogP contribution in [0.25, 0.3) is 0 Å². The average molecular weight is 487 g/mol. The quantitative estimate of drug-likeness (QED) is 0.503. The molecular weight excluding hydrogens is 440 g/mol. The summed E-state index contributed by atoms with van der Waals surface area (Å²) in [5.41, 5.74) is 2.62. The molecule has 0 unspecified atom stereocenters. The maximum absolute atomic E-state index is 12.0. The third kappa shape index (κ3) is 11.1. The van der Waals surface area contributed by atoms with Crippen LogP contribution in [-0.4, -0.2) is 55.2 Å². The van der Waals surface area contributed by atoms with E-state index >= 15 is 0 Å². The Morgan fingerprint density at radius 2 is 1.94 bits per heavy atom. The first-order valence-electron chi connectivity index (χ1n) is 13.1. The van der Waals surface area contributed by atoms with Gasteiger partial charge in [-0.25, -0.2) is 0 Å². The molecule has 1 amide bonds. The van der Waals surface area contributed by atoms with Crippen LogP contribution in [0.3, 0.4) is 0 Å². The van der Waals surface area contributed by atoms with Crippen molar-refractivity contribution in [3.63, 3.8) is 0 Å². The van der Waals surface area contributed by atoms with Crippen molar-refractivity contribution in [3.8, 4) is 0 Å². The van der Waals surface area contributed by atoms with Crippen LogP contribution in [-0.2, 0) is 14.3 Å². The van der Waals surface area contributed by atoms with Crippen molar-refractivity contribution in [1.82, 2.24) is 10.6 Å². The fraction of sp³-hybridized carbons (Fsp3) is 0.621. The van der Waals surface area contributed by atoms with E-state index in [1.807, 2.05) is 20.0 Å². The van der Waals surface area contributed by atoms with Gasteiger partial charge in [0.15, 0.2) is 6.29 Å². The first-order valence-corrected chi connectivity index (χ1v) is 13.1. The zero-order valence-corrected chi connectivity index (χ0v) is 22.2. The van der Waals surface area contributed by atoms with Crippen molar-refractivity contribution in [2.45, 2.75) is 96.9 Å². The summed E-state index contributed by atoms with van der Waals surface area (Å²) in [6.45, 7) is 9.07. The van der Waals surface area contributed by atoms with Crippen molar-refractivity contribution in [2.75, 3.05) is 13.6 Å². The van der Waals surface area contributed by atoms with E-state index in [1.54, 1.807) is 12.2 Å². The molecule has 0 aromatic heterocycles. The van der Waals surface area contributed by atoms with Gasteiger partial charge < -0.3 is 25.2 Å². The molecule has 0 aromatic rings. The third-order valence-electron chi connectivity index (χ3n) is 6.61. The average Bonchev–Trinajstić information content (AvgIpc) is 2.80. The number of ether oxygens (including phenoxy) is 2. The number of aliphatic hydroxyl groups excluding tert-OH is 1. The molecule has 196 valence electrons. The number of carbonyl (C=O) groups is 1. The van der Waals surface area contributed by atoms with E-state index in [0.717, 1.165) is 32.1 Å². The molecule has 2 rings (SSSR count). The van der Waals surface area contributed by atoms with Crippen LogP contribution in [0.15, 0.2) is 59.8 Å². The second-order valence-electron chi connectivity index (χ2n) is 9.86. The van der Waals surface area contributed by atoms with Crippen molar-refractivity contribution < 1.29 is 19.4 Å². The van der Waals surface area contributed by atoms with Crippen LogP contribution in [0, 0.1) is 5.92 Å². The van der Waals surface area contributed by atoms with Gasteiger partial charge in [0.25, 0.3) is 0 Å². The highest BCUT2D eigenvalue weighted by Gasteiger charge is 2.36. The van der Waals surface area contributed by atoms with Gasteiger partial charge in [0.1, 0.15) is 0 Å². The molecule has 2 aliphatic rings. The maximum Gasteiger partial charge on any atom is 0.243 e. The standard InChI is InChI=1S/C29H46N2O4/c1-21-13-9-7-6-8-12-18-31-27(33)15-11-10-14-23(3)26(17-16-22(2)19-21)35-28-20-25(32)29(30-5)24(4)34-28/h7,9-11,13-16,23-26,28-30,32H,6,8,12,17-20H2,1-5H3,(H,31,33)/b9-7-,14-10-,15-11-,21-13-,22-16-/t23-,24+,25-,26-,28-,29+/m0/s1. The summed E-state index contributed by atoms with van der Waals surface area (Å²) < 4.78 is 12.5. The van der Waals surface area contributed by atoms with Crippen LogP contribution in [0.2, 0.25) is 0 Å². The molecule has 0 bridgehead atoms. The molecule has 2 heterocycles. The predicted molar refractivity (Wildman–Crippen MR) is 143 cm³/mol. The van der Waals surface area contributed by atoms with Gasteiger partial charge in [-0.2, -0.15) is 0 Å². The van der Waals surface area contributed by atoms with Crippen molar-refractivity contribution in [2.24, 2.45) is 5.92 Å². The molecule has 6 nitrogen and oxygen atoms in total. The van der Waals surface area contributed by atoms with Crippen molar-refractivity contribution in [1.29, 1.82) is 0 Å². The lowest BCUT2D eigenvalue weighted by molar-refractivity contribution is -0.241. The highest BCUT2D eigenvalue weighted by Crippen LogP contribution is 2.26. The van der Waals surface area contributed by atoms with E-state index in [4.69, 9.17) is 9.47 Å². The number of aliphatic hydroxyl groups is 1. The normalized spacial score (nSPS) is 38.2. The molecule has 0 spiro atoms. The van der Waals surface area contributed by atoms with E-state index in [9.17, 15) is 9.90 Å². The molecular formula is C29H46N2O4. The summed E-state index contributed by atoms with van der Waals surface area (Å²) in [4.78, 5) is 12.0. The van der Waals surface area contributed by atoms with E-state index < -0.39 is 12.4 Å². The monoisotopic (exact) mass is 486 g/mol. The summed E-state index contributed by atoms with van der Waals surface area (Å²) in [6, 6.07) is -0.104. The first-order chi connectivity index (χ1) is 16.8. The van der Waals surface area contributed by atoms with Crippen LogP contribution in [0.5, 0.6) is 0 Å². The third-order valence-corrected chi connectivity index (χ3v) is 6.61. The van der Waals surface area contributed by atoms with E-state index in [-0.39, 0.29) is 30.1 Å². The smallest absolute Gasteiger partial charge is 0.243 e. The maximum atomic E-state index is 12.0. The Balaban J connectivity index is 2.16. The molecule has 0 aliphatic carbocycles. The highest BCUT2D eigenvalue weighted by atomic mass is 16.7. The largest absolute Gasteiger partial charge is 0.391 e. The van der Waals surface area contributed by atoms with E-state index in [1.165, 1.54) is 11.1 Å². The summed E-state index contributed by atoms with van der Waals surface area (Å²) in [5.74, 6) is 0.0184. The summed E-state index contributed by atoms with van der Waals surface area (Å²) >= 11 is 0. The van der Waals surface area contributed by atoms with Crippen molar-refractivity contribution in [3.05, 3.63) is 59.8 Å². The molecule has 0 aromatic carbocycles. The Morgan fingerprint density at radius 1 is 1.14 bits per heavy atom. The van der Waals surface area contributed by atoms with Crippen LogP contribution in [0.4, 0.5) is 0 Å². The molecule has 35 heavy (non-hydrogen) atoms. The Labute approximate surface area is 212 Å². The molecule has 1 fully saturated rings. The topological polar surface area (TPSA) is 79.8 Å². The van der Waals surface area contributed by atoms with Gasteiger partial charge in [0.05, 0.1) is 24.4 Å². The fourth-order valence-electron chi connectivity index (χ4n) is 4.52. The van der Waals surface area contributed by atoms with Crippen LogP contribution in [0.1, 0.15) is 66.2 Å². The Kier molecular flexibility index (Phi) is 13.3. The van der Waals surface area contributed by atoms with Crippen molar-refractivity contribution >= 4 is 5.91 Å². The lowest BCUT2D eigenvalue weighted by Crippen LogP contribution is -2.54. The van der Waals surface area contributed by atoms with Gasteiger partial charge in [0, 0.05) is 25.0 Å². The molecule has 0 saturated carbocycles. The molecule has 0 radical (unpaired) electrons. The Bertz CT molecular complexity index is 787. The lowest BCUT2D eigenvalue weighted by atomic mass is 9.97. The van der Waals surface area contributed by atoms with E-state index in [0.29, 0.717) is 13.0 Å². The number of hydrogen-bond acceptors (Lipinski definition) is 5. The Hall–Kier alpha value is -1.99. The number of allylic oxidation sites excluding steroid dienone is 7. The summed E-state index contributed by atoms with van der Waals surface area (Å²) in [7, 11) is 1.84. The van der Waals surface area contributed by atoms with Crippen LogP contribution < -0.4 is 10.6 Å². The van der Waals surface area contributed by atoms with Gasteiger partial charge in [-0.1, -0.05) is 60.6 Å². The zero-order chi connectivity index (χ0) is 25.6. The Morgan fingerprint density at radius 3 is 2.69 bits per heavy atom.